The van der Waals surface area contributed by atoms with Gasteiger partial charge >= 0.3 is 12.0 Å². The Labute approximate surface area is 146 Å². The number of amides is 1. The van der Waals surface area contributed by atoms with Crippen LogP contribution in [0.3, 0.4) is 0 Å². The molecule has 0 spiro atoms. The molecule has 8 heteroatoms. The van der Waals surface area contributed by atoms with Crippen LogP contribution in [-0.4, -0.2) is 59.6 Å². The summed E-state index contributed by atoms with van der Waals surface area (Å²) in [6.07, 6.45) is 0. The molecule has 1 amide bonds. The molecule has 0 aliphatic carbocycles. The summed E-state index contributed by atoms with van der Waals surface area (Å²) in [5.41, 5.74) is 1.08. The summed E-state index contributed by atoms with van der Waals surface area (Å²) < 4.78 is 10.3. The second-order valence-electron chi connectivity index (χ2n) is 5.69. The van der Waals surface area contributed by atoms with Crippen molar-refractivity contribution in [2.45, 2.75) is 13.0 Å². The van der Waals surface area contributed by atoms with Crippen molar-refractivity contribution in [3.63, 3.8) is 0 Å². The van der Waals surface area contributed by atoms with Crippen molar-refractivity contribution in [1.29, 1.82) is 0 Å². The van der Waals surface area contributed by atoms with Crippen LogP contribution in [0.15, 0.2) is 30.3 Å². The Balaban J connectivity index is 1.91. The molecule has 1 aliphatic heterocycles. The van der Waals surface area contributed by atoms with E-state index >= 15 is 0 Å². The van der Waals surface area contributed by atoms with Gasteiger partial charge in [-0.25, -0.2) is 0 Å². The molecule has 132 valence electrons. The largest absolute Gasteiger partial charge is 0.467 e. The Morgan fingerprint density at radius 2 is 1.68 bits per heavy atom. The third-order valence-electron chi connectivity index (χ3n) is 4.20. The van der Waals surface area contributed by atoms with Crippen molar-refractivity contribution in [3.8, 4) is 12.0 Å². The first-order valence-electron chi connectivity index (χ1n) is 8.03. The Hall–Kier alpha value is -2.90. The number of ether oxygens (including phenoxy) is 2. The standard InChI is InChI=1S/C17H21N5O3/c1-12(23)22-10-9-21(11-14(22)13-7-5-4-6-8-13)15-18-16(24-2)20-17(19-15)25-3/h4-8,14H,9-11H2,1-3H3. The molecule has 0 bridgehead atoms. The zero-order chi connectivity index (χ0) is 17.8. The first kappa shape index (κ1) is 16.9. The first-order valence-corrected chi connectivity index (χ1v) is 8.03. The lowest BCUT2D eigenvalue weighted by Gasteiger charge is -2.41. The Bertz CT molecular complexity index is 718. The van der Waals surface area contributed by atoms with Crippen LogP contribution in [0.5, 0.6) is 12.0 Å². The first-order chi connectivity index (χ1) is 12.1. The van der Waals surface area contributed by atoms with Crippen molar-refractivity contribution in [1.82, 2.24) is 19.9 Å². The number of hydrogen-bond donors (Lipinski definition) is 0. The number of piperazine rings is 1. The minimum absolute atomic E-state index is 0.0549. The number of hydrogen-bond acceptors (Lipinski definition) is 7. The summed E-state index contributed by atoms with van der Waals surface area (Å²) in [7, 11) is 3.00. The predicted octanol–water partition coefficient (Wildman–Crippen LogP) is 1.30. The maximum absolute atomic E-state index is 12.1. The van der Waals surface area contributed by atoms with E-state index in [1.807, 2.05) is 40.1 Å². The number of carbonyl (C=O) groups is 1. The zero-order valence-corrected chi connectivity index (χ0v) is 14.5. The second-order valence-corrected chi connectivity index (χ2v) is 5.69. The number of nitrogens with zero attached hydrogens (tertiary/aromatic N) is 5. The highest BCUT2D eigenvalue weighted by molar-refractivity contribution is 5.74. The van der Waals surface area contributed by atoms with E-state index in [1.54, 1.807) is 6.92 Å². The van der Waals surface area contributed by atoms with Gasteiger partial charge < -0.3 is 19.3 Å². The van der Waals surface area contributed by atoms with Gasteiger partial charge in [-0.1, -0.05) is 30.3 Å². The molecule has 0 saturated carbocycles. The number of anilines is 1. The van der Waals surface area contributed by atoms with Gasteiger partial charge in [-0.05, 0) is 5.56 Å². The lowest BCUT2D eigenvalue weighted by atomic mass is 10.0. The molecule has 1 atom stereocenters. The van der Waals surface area contributed by atoms with Crippen molar-refractivity contribution in [2.24, 2.45) is 0 Å². The average Bonchev–Trinajstić information content (AvgIpc) is 2.67. The van der Waals surface area contributed by atoms with Crippen LogP contribution in [0.2, 0.25) is 0 Å². The van der Waals surface area contributed by atoms with E-state index < -0.39 is 0 Å². The lowest BCUT2D eigenvalue weighted by Crippen LogP contribution is -2.50. The maximum Gasteiger partial charge on any atom is 0.324 e. The van der Waals surface area contributed by atoms with Crippen LogP contribution in [-0.2, 0) is 4.79 Å². The summed E-state index contributed by atoms with van der Waals surface area (Å²) in [6.45, 7) is 3.39. The van der Waals surface area contributed by atoms with Crippen molar-refractivity contribution >= 4 is 11.9 Å². The third kappa shape index (κ3) is 3.62. The topological polar surface area (TPSA) is 80.7 Å². The minimum Gasteiger partial charge on any atom is -0.467 e. The van der Waals surface area contributed by atoms with Gasteiger partial charge in [0.15, 0.2) is 0 Å². The van der Waals surface area contributed by atoms with E-state index in [0.29, 0.717) is 25.6 Å². The van der Waals surface area contributed by atoms with Gasteiger partial charge in [0.1, 0.15) is 0 Å². The minimum atomic E-state index is -0.0683. The highest BCUT2D eigenvalue weighted by Gasteiger charge is 2.31. The number of aromatic nitrogens is 3. The van der Waals surface area contributed by atoms with E-state index in [4.69, 9.17) is 9.47 Å². The molecule has 1 aromatic heterocycles. The molecule has 2 aromatic rings. The zero-order valence-electron chi connectivity index (χ0n) is 14.5. The maximum atomic E-state index is 12.1. The molecule has 2 heterocycles. The van der Waals surface area contributed by atoms with E-state index in [-0.39, 0.29) is 24.0 Å². The average molecular weight is 343 g/mol. The fourth-order valence-corrected chi connectivity index (χ4v) is 2.95. The van der Waals surface area contributed by atoms with Crippen LogP contribution < -0.4 is 14.4 Å². The molecular formula is C17H21N5O3. The van der Waals surface area contributed by atoms with Gasteiger partial charge in [-0.2, -0.15) is 9.97 Å². The molecule has 0 N–H and O–H groups in total. The van der Waals surface area contributed by atoms with Gasteiger partial charge in [0.05, 0.1) is 20.3 Å². The third-order valence-corrected chi connectivity index (χ3v) is 4.20. The Kier molecular flexibility index (Phi) is 4.97. The van der Waals surface area contributed by atoms with Crippen LogP contribution in [0.1, 0.15) is 18.5 Å². The van der Waals surface area contributed by atoms with Gasteiger partial charge in [0, 0.05) is 26.6 Å². The fraction of sp³-hybridized carbons (Fsp3) is 0.412. The van der Waals surface area contributed by atoms with Crippen molar-refractivity contribution in [2.75, 3.05) is 38.8 Å². The molecule has 1 saturated heterocycles. The molecular weight excluding hydrogens is 322 g/mol. The second kappa shape index (κ2) is 7.33. The molecule has 0 radical (unpaired) electrons. The van der Waals surface area contributed by atoms with Crippen LogP contribution in [0.4, 0.5) is 5.95 Å². The van der Waals surface area contributed by atoms with Crippen LogP contribution in [0.25, 0.3) is 0 Å². The SMILES string of the molecule is COc1nc(OC)nc(N2CCN(C(C)=O)C(c3ccccc3)C2)n1. The summed E-state index contributed by atoms with van der Waals surface area (Å²) in [5, 5.41) is 0. The van der Waals surface area contributed by atoms with Crippen molar-refractivity contribution < 1.29 is 14.3 Å². The highest BCUT2D eigenvalue weighted by Crippen LogP contribution is 2.28. The Morgan fingerprint density at radius 1 is 1.04 bits per heavy atom. The normalized spacial score (nSPS) is 17.3. The van der Waals surface area contributed by atoms with Gasteiger partial charge in [-0.15, -0.1) is 4.98 Å². The molecule has 8 nitrogen and oxygen atoms in total. The smallest absolute Gasteiger partial charge is 0.324 e. The summed E-state index contributed by atoms with van der Waals surface area (Å²) in [5.74, 6) is 0.534. The van der Waals surface area contributed by atoms with Crippen LogP contribution in [0, 0.1) is 0 Å². The molecule has 1 unspecified atom stereocenters. The van der Waals surface area contributed by atoms with E-state index in [9.17, 15) is 4.79 Å². The van der Waals surface area contributed by atoms with E-state index in [0.717, 1.165) is 5.56 Å². The van der Waals surface area contributed by atoms with Gasteiger partial charge in [0.25, 0.3) is 0 Å². The fourth-order valence-electron chi connectivity index (χ4n) is 2.95. The Morgan fingerprint density at radius 3 is 2.24 bits per heavy atom. The number of rotatable bonds is 4. The lowest BCUT2D eigenvalue weighted by molar-refractivity contribution is -0.131. The number of carbonyl (C=O) groups excluding carboxylic acids is 1. The monoisotopic (exact) mass is 343 g/mol. The number of methoxy groups -OCH3 is 2. The summed E-state index contributed by atoms with van der Waals surface area (Å²) in [6, 6.07) is 10.3. The summed E-state index contributed by atoms with van der Waals surface area (Å²) in [4.78, 5) is 28.6. The quantitative estimate of drug-likeness (QED) is 0.827. The highest BCUT2D eigenvalue weighted by atomic mass is 16.5. The number of benzene rings is 1. The molecule has 3 rings (SSSR count). The summed E-state index contributed by atoms with van der Waals surface area (Å²) >= 11 is 0. The molecule has 1 aliphatic rings. The molecule has 1 fully saturated rings. The van der Waals surface area contributed by atoms with Gasteiger partial charge in [0.2, 0.25) is 11.9 Å². The molecule has 1 aromatic carbocycles. The van der Waals surface area contributed by atoms with E-state index in [1.165, 1.54) is 14.2 Å². The van der Waals surface area contributed by atoms with E-state index in [2.05, 4.69) is 15.0 Å². The van der Waals surface area contributed by atoms with Crippen molar-refractivity contribution in [3.05, 3.63) is 35.9 Å². The molecule has 25 heavy (non-hydrogen) atoms. The van der Waals surface area contributed by atoms with Crippen LogP contribution >= 0.6 is 0 Å². The predicted molar refractivity (Wildman–Crippen MR) is 91.7 cm³/mol. The van der Waals surface area contributed by atoms with Gasteiger partial charge in [-0.3, -0.25) is 4.79 Å².